The highest BCUT2D eigenvalue weighted by atomic mass is 19.4. The number of hydrogen-bond acceptors (Lipinski definition) is 3. The van der Waals surface area contributed by atoms with Crippen LogP contribution in [-0.2, 0) is 9.53 Å². The summed E-state index contributed by atoms with van der Waals surface area (Å²) in [4.78, 5) is 12.1. The predicted molar refractivity (Wildman–Crippen MR) is 49.1 cm³/mol. The fraction of sp³-hybridized carbons (Fsp3) is 0.667. The van der Waals surface area contributed by atoms with Crippen LogP contribution in [0, 0.1) is 0 Å². The van der Waals surface area contributed by atoms with Crippen LogP contribution in [0.4, 0.5) is 13.2 Å². The van der Waals surface area contributed by atoms with Crippen molar-refractivity contribution in [3.05, 3.63) is 12.0 Å². The summed E-state index contributed by atoms with van der Waals surface area (Å²) in [6.45, 7) is 4.04. The molecule has 0 bridgehead atoms. The maximum absolute atomic E-state index is 11.9. The maximum Gasteiger partial charge on any atom is 0.454 e. The molecule has 0 saturated carbocycles. The summed E-state index contributed by atoms with van der Waals surface area (Å²) in [5, 5.41) is 0. The third-order valence-electron chi connectivity index (χ3n) is 1.68. The van der Waals surface area contributed by atoms with E-state index in [-0.39, 0.29) is 12.5 Å². The van der Waals surface area contributed by atoms with Gasteiger partial charge < -0.3 is 9.64 Å². The van der Waals surface area contributed by atoms with E-state index in [9.17, 15) is 18.0 Å². The Kier molecular flexibility index (Phi) is 5.18. The normalized spacial score (nSPS) is 12.5. The molecule has 0 radical (unpaired) electrons. The van der Waals surface area contributed by atoms with Crippen LogP contribution < -0.4 is 0 Å². The first-order valence-electron chi connectivity index (χ1n) is 4.49. The average Bonchev–Trinajstić information content (AvgIpc) is 2.14. The van der Waals surface area contributed by atoms with Gasteiger partial charge in [0, 0.05) is 13.6 Å². The molecule has 0 aliphatic carbocycles. The Morgan fingerprint density at radius 3 is 2.27 bits per heavy atom. The van der Waals surface area contributed by atoms with Gasteiger partial charge in [0.15, 0.2) is 5.88 Å². The van der Waals surface area contributed by atoms with Crippen LogP contribution in [-0.4, -0.2) is 37.1 Å². The lowest BCUT2D eigenvalue weighted by molar-refractivity contribution is -0.165. The summed E-state index contributed by atoms with van der Waals surface area (Å²) < 4.78 is 40.8. The molecule has 0 aliphatic rings. The largest absolute Gasteiger partial charge is 0.479 e. The van der Waals surface area contributed by atoms with E-state index in [4.69, 9.17) is 4.74 Å². The Hall–Kier alpha value is -1.20. The molecule has 0 atom stereocenters. The number of halogens is 3. The highest BCUT2D eigenvalue weighted by Gasteiger charge is 2.37. The number of allylic oxidation sites excluding steroid dienone is 1. The molecule has 0 fully saturated rings. The molecule has 15 heavy (non-hydrogen) atoms. The van der Waals surface area contributed by atoms with E-state index >= 15 is 0 Å². The van der Waals surface area contributed by atoms with Crippen molar-refractivity contribution in [2.24, 2.45) is 0 Å². The zero-order valence-electron chi connectivity index (χ0n) is 8.89. The molecule has 0 spiro atoms. The fourth-order valence-electron chi connectivity index (χ4n) is 0.760. The molecule has 0 amide bonds. The van der Waals surface area contributed by atoms with Gasteiger partial charge in [0.1, 0.15) is 0 Å². The van der Waals surface area contributed by atoms with E-state index < -0.39 is 12.0 Å². The lowest BCUT2D eigenvalue weighted by Crippen LogP contribution is -2.25. The Labute approximate surface area is 86.5 Å². The van der Waals surface area contributed by atoms with Gasteiger partial charge in [-0.2, -0.15) is 13.2 Å². The van der Waals surface area contributed by atoms with Gasteiger partial charge in [0.2, 0.25) is 0 Å². The molecule has 0 N–H and O–H groups in total. The Morgan fingerprint density at radius 1 is 1.40 bits per heavy atom. The van der Waals surface area contributed by atoms with E-state index in [1.54, 1.807) is 20.9 Å². The van der Waals surface area contributed by atoms with Gasteiger partial charge in [-0.1, -0.05) is 0 Å². The fourth-order valence-corrected chi connectivity index (χ4v) is 0.760. The molecule has 3 nitrogen and oxygen atoms in total. The highest BCUT2D eigenvalue weighted by molar-refractivity contribution is 5.94. The molecule has 0 rings (SSSR count). The van der Waals surface area contributed by atoms with Crippen molar-refractivity contribution in [2.45, 2.75) is 20.0 Å². The van der Waals surface area contributed by atoms with Gasteiger partial charge in [0.05, 0.1) is 12.7 Å². The second-order valence-electron chi connectivity index (χ2n) is 2.79. The first-order chi connectivity index (χ1) is 6.82. The summed E-state index contributed by atoms with van der Waals surface area (Å²) in [5.41, 5.74) is 0. The van der Waals surface area contributed by atoms with Crippen molar-refractivity contribution in [1.82, 2.24) is 4.90 Å². The SMILES string of the molecule is CCO/C(=C/C(=O)C(F)(F)F)N(C)CC. The van der Waals surface area contributed by atoms with Gasteiger partial charge in [-0.3, -0.25) is 4.79 Å². The Balaban J connectivity index is 4.76. The molecular weight excluding hydrogens is 211 g/mol. The zero-order chi connectivity index (χ0) is 12.1. The molecule has 0 aromatic carbocycles. The predicted octanol–water partition coefficient (Wildman–Crippen LogP) is 1.95. The number of carbonyl (C=O) groups excluding carboxylic acids is 1. The van der Waals surface area contributed by atoms with E-state index in [1.807, 2.05) is 0 Å². The Morgan fingerprint density at radius 2 is 1.93 bits per heavy atom. The minimum absolute atomic E-state index is 0.0673. The molecule has 0 aliphatic heterocycles. The van der Waals surface area contributed by atoms with Crippen LogP contribution in [0.5, 0.6) is 0 Å². The summed E-state index contributed by atoms with van der Waals surface area (Å²) in [6.07, 6.45) is -4.38. The minimum atomic E-state index is -4.85. The smallest absolute Gasteiger partial charge is 0.454 e. The number of ether oxygens (including phenoxy) is 1. The van der Waals surface area contributed by atoms with Crippen LogP contribution >= 0.6 is 0 Å². The summed E-state index contributed by atoms with van der Waals surface area (Å²) in [7, 11) is 1.55. The third kappa shape index (κ3) is 4.71. The molecule has 0 aromatic heterocycles. The maximum atomic E-state index is 11.9. The average molecular weight is 225 g/mol. The van der Waals surface area contributed by atoms with Crippen LogP contribution in [0.25, 0.3) is 0 Å². The standard InChI is InChI=1S/C9H14F3NO2/c1-4-13(3)8(15-5-2)6-7(14)9(10,11)12/h6H,4-5H2,1-3H3/b8-6+. The van der Waals surface area contributed by atoms with Crippen molar-refractivity contribution < 1.29 is 22.7 Å². The van der Waals surface area contributed by atoms with E-state index in [2.05, 4.69) is 0 Å². The second kappa shape index (κ2) is 5.63. The quantitative estimate of drug-likeness (QED) is 0.529. The number of rotatable bonds is 5. The summed E-state index contributed by atoms with van der Waals surface area (Å²) in [6, 6.07) is 0. The first kappa shape index (κ1) is 13.8. The third-order valence-corrected chi connectivity index (χ3v) is 1.68. The number of alkyl halides is 3. The molecule has 0 heterocycles. The Bertz CT molecular complexity index is 248. The van der Waals surface area contributed by atoms with Crippen molar-refractivity contribution in [3.8, 4) is 0 Å². The van der Waals surface area contributed by atoms with Gasteiger partial charge >= 0.3 is 6.18 Å². The second-order valence-corrected chi connectivity index (χ2v) is 2.79. The number of hydrogen-bond donors (Lipinski definition) is 0. The molecular formula is C9H14F3NO2. The first-order valence-corrected chi connectivity index (χ1v) is 4.49. The van der Waals surface area contributed by atoms with Crippen LogP contribution in [0.15, 0.2) is 12.0 Å². The zero-order valence-corrected chi connectivity index (χ0v) is 8.89. The van der Waals surface area contributed by atoms with Crippen molar-refractivity contribution in [3.63, 3.8) is 0 Å². The lowest BCUT2D eigenvalue weighted by Gasteiger charge is -2.20. The molecule has 88 valence electrons. The van der Waals surface area contributed by atoms with E-state index in [0.29, 0.717) is 12.6 Å². The molecule has 6 heteroatoms. The minimum Gasteiger partial charge on any atom is -0.479 e. The van der Waals surface area contributed by atoms with Gasteiger partial charge in [-0.05, 0) is 13.8 Å². The highest BCUT2D eigenvalue weighted by Crippen LogP contribution is 2.18. The summed E-state index contributed by atoms with van der Waals surface area (Å²) in [5.74, 6) is -1.98. The van der Waals surface area contributed by atoms with Gasteiger partial charge in [-0.25, -0.2) is 0 Å². The van der Waals surface area contributed by atoms with Crippen molar-refractivity contribution in [1.29, 1.82) is 0 Å². The van der Waals surface area contributed by atoms with Crippen LogP contribution in [0.2, 0.25) is 0 Å². The topological polar surface area (TPSA) is 29.5 Å². The monoisotopic (exact) mass is 225 g/mol. The van der Waals surface area contributed by atoms with Crippen LogP contribution in [0.3, 0.4) is 0 Å². The number of nitrogens with zero attached hydrogens (tertiary/aromatic N) is 1. The molecule has 0 unspecified atom stereocenters. The molecule has 0 saturated heterocycles. The number of ketones is 1. The van der Waals surface area contributed by atoms with Crippen molar-refractivity contribution in [2.75, 3.05) is 20.2 Å². The lowest BCUT2D eigenvalue weighted by atomic mass is 10.3. The van der Waals surface area contributed by atoms with E-state index in [0.717, 1.165) is 0 Å². The number of carbonyl (C=O) groups is 1. The molecule has 0 aromatic rings. The summed E-state index contributed by atoms with van der Waals surface area (Å²) >= 11 is 0. The van der Waals surface area contributed by atoms with Crippen LogP contribution in [0.1, 0.15) is 13.8 Å². The van der Waals surface area contributed by atoms with Gasteiger partial charge in [0.25, 0.3) is 5.78 Å². The van der Waals surface area contributed by atoms with E-state index in [1.165, 1.54) is 4.90 Å². The van der Waals surface area contributed by atoms with Gasteiger partial charge in [-0.15, -0.1) is 0 Å². The van der Waals surface area contributed by atoms with Crippen molar-refractivity contribution >= 4 is 5.78 Å².